The van der Waals surface area contributed by atoms with Gasteiger partial charge in [-0.15, -0.1) is 0 Å². The summed E-state index contributed by atoms with van der Waals surface area (Å²) < 4.78 is 7.23. The monoisotopic (exact) mass is 316 g/mol. The molecule has 1 amide bonds. The summed E-state index contributed by atoms with van der Waals surface area (Å²) in [5.74, 6) is 1.54. The van der Waals surface area contributed by atoms with E-state index in [1.807, 2.05) is 23.2 Å². The lowest BCUT2D eigenvalue weighted by molar-refractivity contribution is -0.131. The van der Waals surface area contributed by atoms with Crippen LogP contribution in [0.2, 0.25) is 0 Å². The maximum atomic E-state index is 12.2. The number of aromatic nitrogens is 3. The van der Waals surface area contributed by atoms with Gasteiger partial charge in [0.25, 0.3) is 0 Å². The first-order valence-corrected chi connectivity index (χ1v) is 8.32. The van der Waals surface area contributed by atoms with Crippen LogP contribution in [0.15, 0.2) is 18.3 Å². The molecule has 3 rings (SSSR count). The molecular weight excluding hydrogens is 292 g/mol. The molecule has 3 heterocycles. The van der Waals surface area contributed by atoms with E-state index in [0.717, 1.165) is 49.5 Å². The van der Waals surface area contributed by atoms with E-state index in [4.69, 9.17) is 9.72 Å². The molecule has 0 bridgehead atoms. The number of rotatable bonds is 6. The van der Waals surface area contributed by atoms with Gasteiger partial charge in [-0.05, 0) is 25.0 Å². The third kappa shape index (κ3) is 3.22. The van der Waals surface area contributed by atoms with Gasteiger partial charge in [-0.1, -0.05) is 6.92 Å². The average molecular weight is 316 g/mol. The largest absolute Gasteiger partial charge is 0.384 e. The lowest BCUT2D eigenvalue weighted by Crippen LogP contribution is -2.29. The molecular formula is C17H24N4O2. The molecule has 6 heteroatoms. The molecule has 1 saturated heterocycles. The zero-order valence-electron chi connectivity index (χ0n) is 13.9. The molecule has 1 fully saturated rings. The number of aryl methyl sites for hydroxylation is 1. The van der Waals surface area contributed by atoms with Gasteiger partial charge in [-0.2, -0.15) is 0 Å². The van der Waals surface area contributed by atoms with E-state index in [0.29, 0.717) is 18.9 Å². The fourth-order valence-electron chi connectivity index (χ4n) is 3.28. The summed E-state index contributed by atoms with van der Waals surface area (Å²) in [5, 5.41) is 0. The number of methoxy groups -OCH3 is 1. The topological polar surface area (TPSA) is 60.2 Å². The highest BCUT2D eigenvalue weighted by Gasteiger charge is 2.30. The Morgan fingerprint density at radius 2 is 2.35 bits per heavy atom. The number of likely N-dealkylation sites (tertiary alicyclic amines) is 1. The van der Waals surface area contributed by atoms with Crippen LogP contribution in [-0.2, 0) is 16.1 Å². The van der Waals surface area contributed by atoms with E-state index in [-0.39, 0.29) is 5.91 Å². The molecule has 6 nitrogen and oxygen atoms in total. The van der Waals surface area contributed by atoms with E-state index in [2.05, 4.69) is 16.5 Å². The number of carbonyl (C=O) groups is 1. The van der Waals surface area contributed by atoms with E-state index >= 15 is 0 Å². The number of nitrogens with zero attached hydrogens (tertiary/aromatic N) is 4. The number of ether oxygens (including phenoxy) is 1. The van der Waals surface area contributed by atoms with Gasteiger partial charge in [0.15, 0.2) is 5.65 Å². The highest BCUT2D eigenvalue weighted by atomic mass is 16.5. The molecule has 0 spiro atoms. The first kappa shape index (κ1) is 15.9. The van der Waals surface area contributed by atoms with Crippen molar-refractivity contribution in [2.24, 2.45) is 0 Å². The second-order valence-corrected chi connectivity index (χ2v) is 6.04. The molecule has 1 aliphatic rings. The molecule has 1 atom stereocenters. The second kappa shape index (κ2) is 7.08. The van der Waals surface area contributed by atoms with Gasteiger partial charge in [0.1, 0.15) is 11.3 Å². The van der Waals surface area contributed by atoms with Gasteiger partial charge >= 0.3 is 0 Å². The standard InChI is InChI=1S/C17H24N4O2/c1-3-9-21-16(19-14-5-4-8-18-17(14)21)13-6-10-20(12-13)15(22)7-11-23-2/h4-5,8,13H,3,6-7,9-12H2,1-2H3/t13-/m0/s1. The van der Waals surface area contributed by atoms with Crippen molar-refractivity contribution in [3.05, 3.63) is 24.2 Å². The van der Waals surface area contributed by atoms with Crippen LogP contribution in [0.25, 0.3) is 11.2 Å². The van der Waals surface area contributed by atoms with E-state index in [9.17, 15) is 4.79 Å². The quantitative estimate of drug-likeness (QED) is 0.819. The van der Waals surface area contributed by atoms with Gasteiger partial charge in [0, 0.05) is 38.9 Å². The van der Waals surface area contributed by atoms with Crippen molar-refractivity contribution in [3.8, 4) is 0 Å². The number of amides is 1. The molecule has 0 unspecified atom stereocenters. The zero-order chi connectivity index (χ0) is 16.2. The van der Waals surface area contributed by atoms with Crippen LogP contribution in [-0.4, -0.2) is 52.1 Å². The number of hydrogen-bond acceptors (Lipinski definition) is 4. The van der Waals surface area contributed by atoms with Crippen molar-refractivity contribution >= 4 is 17.1 Å². The first-order chi connectivity index (χ1) is 11.2. The molecule has 0 aromatic carbocycles. The van der Waals surface area contributed by atoms with Crippen molar-refractivity contribution in [1.29, 1.82) is 0 Å². The number of hydrogen-bond donors (Lipinski definition) is 0. The van der Waals surface area contributed by atoms with Crippen LogP contribution in [0.1, 0.15) is 37.9 Å². The highest BCUT2D eigenvalue weighted by Crippen LogP contribution is 2.29. The Morgan fingerprint density at radius 1 is 1.48 bits per heavy atom. The SMILES string of the molecule is CCCn1c([C@H]2CCN(C(=O)CCOC)C2)nc2cccnc21. The Balaban J connectivity index is 1.81. The van der Waals surface area contributed by atoms with Crippen molar-refractivity contribution in [2.75, 3.05) is 26.8 Å². The lowest BCUT2D eigenvalue weighted by Gasteiger charge is -2.17. The van der Waals surface area contributed by atoms with Crippen LogP contribution in [0.5, 0.6) is 0 Å². The van der Waals surface area contributed by atoms with E-state index in [1.165, 1.54) is 0 Å². The Bertz CT molecular complexity index is 682. The third-order valence-electron chi connectivity index (χ3n) is 4.41. The fourth-order valence-corrected chi connectivity index (χ4v) is 3.28. The van der Waals surface area contributed by atoms with E-state index in [1.54, 1.807) is 7.11 Å². The van der Waals surface area contributed by atoms with Crippen LogP contribution < -0.4 is 0 Å². The smallest absolute Gasteiger partial charge is 0.224 e. The van der Waals surface area contributed by atoms with Crippen LogP contribution in [0, 0.1) is 0 Å². The third-order valence-corrected chi connectivity index (χ3v) is 4.41. The summed E-state index contributed by atoms with van der Waals surface area (Å²) in [5.41, 5.74) is 1.90. The maximum Gasteiger partial charge on any atom is 0.224 e. The summed E-state index contributed by atoms with van der Waals surface area (Å²) >= 11 is 0. The van der Waals surface area contributed by atoms with Gasteiger partial charge in [0.05, 0.1) is 13.0 Å². The van der Waals surface area contributed by atoms with Crippen molar-refractivity contribution in [2.45, 2.75) is 38.6 Å². The molecule has 1 aliphatic heterocycles. The van der Waals surface area contributed by atoms with Gasteiger partial charge in [0.2, 0.25) is 5.91 Å². The first-order valence-electron chi connectivity index (χ1n) is 8.32. The zero-order valence-corrected chi connectivity index (χ0v) is 13.9. The minimum atomic E-state index is 0.172. The predicted molar refractivity (Wildman–Crippen MR) is 88.3 cm³/mol. The molecule has 0 N–H and O–H groups in total. The molecule has 124 valence electrons. The number of fused-ring (bicyclic) bond motifs is 1. The molecule has 0 aliphatic carbocycles. The lowest BCUT2D eigenvalue weighted by atomic mass is 10.1. The minimum absolute atomic E-state index is 0.172. The van der Waals surface area contributed by atoms with E-state index < -0.39 is 0 Å². The molecule has 23 heavy (non-hydrogen) atoms. The summed E-state index contributed by atoms with van der Waals surface area (Å²) in [6.45, 7) is 5.11. The Hall–Kier alpha value is -1.95. The van der Waals surface area contributed by atoms with Crippen molar-refractivity contribution < 1.29 is 9.53 Å². The Labute approximate surface area is 136 Å². The van der Waals surface area contributed by atoms with Crippen LogP contribution in [0.4, 0.5) is 0 Å². The van der Waals surface area contributed by atoms with Crippen molar-refractivity contribution in [1.82, 2.24) is 19.4 Å². The molecule has 0 saturated carbocycles. The maximum absolute atomic E-state index is 12.2. The molecule has 2 aromatic heterocycles. The van der Waals surface area contributed by atoms with Crippen molar-refractivity contribution in [3.63, 3.8) is 0 Å². The average Bonchev–Trinajstić information content (AvgIpc) is 3.18. The van der Waals surface area contributed by atoms with Gasteiger partial charge in [-0.3, -0.25) is 4.79 Å². The summed E-state index contributed by atoms with van der Waals surface area (Å²) in [4.78, 5) is 23.4. The van der Waals surface area contributed by atoms with Crippen LogP contribution >= 0.6 is 0 Å². The second-order valence-electron chi connectivity index (χ2n) is 6.04. The minimum Gasteiger partial charge on any atom is -0.384 e. The van der Waals surface area contributed by atoms with Gasteiger partial charge < -0.3 is 14.2 Å². The summed E-state index contributed by atoms with van der Waals surface area (Å²) in [7, 11) is 1.63. The van der Waals surface area contributed by atoms with Crippen LogP contribution in [0.3, 0.4) is 0 Å². The van der Waals surface area contributed by atoms with Gasteiger partial charge in [-0.25, -0.2) is 9.97 Å². The number of pyridine rings is 1. The Kier molecular flexibility index (Phi) is 4.91. The molecule has 0 radical (unpaired) electrons. The summed E-state index contributed by atoms with van der Waals surface area (Å²) in [6.07, 6.45) is 4.27. The Morgan fingerprint density at radius 3 is 3.13 bits per heavy atom. The fraction of sp³-hybridized carbons (Fsp3) is 0.588. The molecule has 2 aromatic rings. The normalized spacial score (nSPS) is 18.0. The number of imidazole rings is 1. The highest BCUT2D eigenvalue weighted by molar-refractivity contribution is 5.77. The number of carbonyl (C=O) groups excluding carboxylic acids is 1. The predicted octanol–water partition coefficient (Wildman–Crippen LogP) is 2.19. The summed E-state index contributed by atoms with van der Waals surface area (Å²) in [6, 6.07) is 3.93.